The first kappa shape index (κ1) is 25.8. The second-order valence-electron chi connectivity index (χ2n) is 7.81. The summed E-state index contributed by atoms with van der Waals surface area (Å²) in [7, 11) is 1.55. The maximum atomic E-state index is 13.1. The molecule has 0 saturated heterocycles. The lowest BCUT2D eigenvalue weighted by Gasteiger charge is -2.31. The maximum absolute atomic E-state index is 13.1. The third kappa shape index (κ3) is 5.59. The van der Waals surface area contributed by atoms with Crippen LogP contribution >= 0.6 is 35.4 Å². The van der Waals surface area contributed by atoms with Crippen LogP contribution in [0.25, 0.3) is 5.70 Å². The van der Waals surface area contributed by atoms with Gasteiger partial charge in [0.05, 0.1) is 31.0 Å². The highest BCUT2D eigenvalue weighted by molar-refractivity contribution is 7.80. The van der Waals surface area contributed by atoms with Gasteiger partial charge in [-0.25, -0.2) is 4.79 Å². The molecule has 1 aliphatic rings. The Morgan fingerprint density at radius 3 is 2.39 bits per heavy atom. The molecule has 0 amide bonds. The molecule has 0 aliphatic carbocycles. The largest absolute Gasteiger partial charge is 0.493 e. The summed E-state index contributed by atoms with van der Waals surface area (Å²) in [4.78, 5) is 13.1. The van der Waals surface area contributed by atoms with Gasteiger partial charge >= 0.3 is 5.97 Å². The summed E-state index contributed by atoms with van der Waals surface area (Å²) in [6, 6.07) is 19.6. The molecule has 9 heteroatoms. The van der Waals surface area contributed by atoms with Crippen molar-refractivity contribution in [1.29, 1.82) is 0 Å². The van der Waals surface area contributed by atoms with Gasteiger partial charge in [0.1, 0.15) is 6.61 Å². The van der Waals surface area contributed by atoms with Crippen LogP contribution in [0.2, 0.25) is 10.0 Å². The van der Waals surface area contributed by atoms with E-state index in [0.717, 1.165) is 11.1 Å². The number of carbonyl (C=O) groups is 1. The molecular formula is C27H24Cl2N2O4S. The number of nitrogens with one attached hydrogen (secondary N) is 2. The molecule has 0 spiro atoms. The molecule has 0 bridgehead atoms. The predicted molar refractivity (Wildman–Crippen MR) is 145 cm³/mol. The van der Waals surface area contributed by atoms with Crippen LogP contribution in [-0.4, -0.2) is 24.8 Å². The van der Waals surface area contributed by atoms with E-state index < -0.39 is 12.0 Å². The van der Waals surface area contributed by atoms with Gasteiger partial charge in [-0.1, -0.05) is 65.7 Å². The van der Waals surface area contributed by atoms with Gasteiger partial charge in [-0.05, 0) is 54.5 Å². The zero-order valence-electron chi connectivity index (χ0n) is 19.6. The Hall–Kier alpha value is -3.26. The van der Waals surface area contributed by atoms with Crippen molar-refractivity contribution in [1.82, 2.24) is 10.6 Å². The van der Waals surface area contributed by atoms with Crippen molar-refractivity contribution < 1.29 is 19.0 Å². The van der Waals surface area contributed by atoms with Crippen molar-refractivity contribution in [3.63, 3.8) is 0 Å². The number of ether oxygens (including phenoxy) is 3. The molecular weight excluding hydrogens is 519 g/mol. The molecule has 6 nitrogen and oxygen atoms in total. The van der Waals surface area contributed by atoms with Crippen molar-refractivity contribution in [2.75, 3.05) is 13.7 Å². The van der Waals surface area contributed by atoms with E-state index in [0.29, 0.717) is 43.5 Å². The van der Waals surface area contributed by atoms with E-state index in [1.165, 1.54) is 0 Å². The fourth-order valence-corrected chi connectivity index (χ4v) is 4.61. The number of carbonyl (C=O) groups excluding carboxylic acids is 1. The first-order chi connectivity index (χ1) is 17.4. The third-order valence-electron chi connectivity index (χ3n) is 5.58. The van der Waals surface area contributed by atoms with E-state index in [2.05, 4.69) is 10.6 Å². The molecule has 1 heterocycles. The molecule has 186 valence electrons. The van der Waals surface area contributed by atoms with Crippen molar-refractivity contribution in [2.45, 2.75) is 19.6 Å². The number of methoxy groups -OCH3 is 1. The van der Waals surface area contributed by atoms with Crippen molar-refractivity contribution >= 4 is 52.2 Å². The second kappa shape index (κ2) is 11.6. The molecule has 4 rings (SSSR count). The number of esters is 1. The van der Waals surface area contributed by atoms with Gasteiger partial charge in [-0.2, -0.15) is 0 Å². The second-order valence-corrected chi connectivity index (χ2v) is 9.03. The van der Waals surface area contributed by atoms with Crippen molar-refractivity contribution in [2.24, 2.45) is 0 Å². The molecule has 0 saturated carbocycles. The zero-order valence-corrected chi connectivity index (χ0v) is 22.0. The molecule has 3 aromatic carbocycles. The minimum Gasteiger partial charge on any atom is -0.493 e. The van der Waals surface area contributed by atoms with E-state index in [9.17, 15) is 4.79 Å². The Morgan fingerprint density at radius 1 is 1.00 bits per heavy atom. The monoisotopic (exact) mass is 542 g/mol. The molecule has 3 aromatic rings. The van der Waals surface area contributed by atoms with Crippen LogP contribution in [0.3, 0.4) is 0 Å². The van der Waals surface area contributed by atoms with E-state index in [1.54, 1.807) is 44.4 Å². The van der Waals surface area contributed by atoms with E-state index in [-0.39, 0.29) is 13.2 Å². The highest BCUT2D eigenvalue weighted by Crippen LogP contribution is 2.37. The molecule has 0 radical (unpaired) electrons. The van der Waals surface area contributed by atoms with Crippen LogP contribution < -0.4 is 20.1 Å². The van der Waals surface area contributed by atoms with Gasteiger partial charge < -0.3 is 24.8 Å². The molecule has 0 unspecified atom stereocenters. The summed E-state index contributed by atoms with van der Waals surface area (Å²) in [6.45, 7) is 2.17. The Morgan fingerprint density at radius 2 is 1.72 bits per heavy atom. The molecule has 0 aromatic heterocycles. The lowest BCUT2D eigenvalue weighted by molar-refractivity contribution is -0.138. The number of rotatable bonds is 8. The Labute approximate surface area is 225 Å². The van der Waals surface area contributed by atoms with E-state index in [1.807, 2.05) is 36.4 Å². The summed E-state index contributed by atoms with van der Waals surface area (Å²) in [5, 5.41) is 7.75. The number of benzene rings is 3. The normalized spacial score (nSPS) is 15.1. The Bertz CT molecular complexity index is 1290. The van der Waals surface area contributed by atoms with Crippen LogP contribution in [-0.2, 0) is 16.1 Å². The van der Waals surface area contributed by atoms with Gasteiger partial charge in [0.25, 0.3) is 0 Å². The van der Waals surface area contributed by atoms with Gasteiger partial charge in [-0.3, -0.25) is 0 Å². The molecule has 1 atom stereocenters. The smallest absolute Gasteiger partial charge is 0.338 e. The first-order valence-electron chi connectivity index (χ1n) is 11.2. The molecule has 1 aliphatic heterocycles. The summed E-state index contributed by atoms with van der Waals surface area (Å²) in [5.41, 5.74) is 3.25. The number of hydrogen-bond acceptors (Lipinski definition) is 5. The average Bonchev–Trinajstić information content (AvgIpc) is 2.88. The summed E-state index contributed by atoms with van der Waals surface area (Å²) in [6.07, 6.45) is 0. The van der Waals surface area contributed by atoms with Gasteiger partial charge in [0.2, 0.25) is 0 Å². The zero-order chi connectivity index (χ0) is 25.7. The minimum atomic E-state index is -0.575. The Balaban J connectivity index is 1.71. The van der Waals surface area contributed by atoms with Crippen LogP contribution in [0.4, 0.5) is 0 Å². The summed E-state index contributed by atoms with van der Waals surface area (Å²) < 4.78 is 17.0. The standard InChI is InChI=1S/C27H24Cl2N2O4S/c1-3-34-26(32)23-24(16-8-5-4-6-9-16)30-27(36)31-25(23)17-12-13-21(22(14-17)33-2)35-15-18-19(28)10-7-11-20(18)29/h4-14,25H,3,15H2,1-2H3,(H2,30,31,36)/t25-/m0/s1. The van der Waals surface area contributed by atoms with Crippen LogP contribution in [0, 0.1) is 0 Å². The quantitative estimate of drug-likeness (QED) is 0.264. The number of hydrogen-bond donors (Lipinski definition) is 2. The third-order valence-corrected chi connectivity index (χ3v) is 6.51. The van der Waals surface area contributed by atoms with Crippen LogP contribution in [0.1, 0.15) is 29.7 Å². The van der Waals surface area contributed by atoms with Gasteiger partial charge in [-0.15, -0.1) is 0 Å². The number of thiocarbonyl (C=S) groups is 1. The topological polar surface area (TPSA) is 68.8 Å². The molecule has 2 N–H and O–H groups in total. The van der Waals surface area contributed by atoms with Crippen LogP contribution in [0.5, 0.6) is 11.5 Å². The lowest BCUT2D eigenvalue weighted by atomic mass is 9.92. The van der Waals surface area contributed by atoms with Crippen molar-refractivity contribution in [3.05, 3.63) is 99.0 Å². The van der Waals surface area contributed by atoms with E-state index in [4.69, 9.17) is 49.6 Å². The van der Waals surface area contributed by atoms with Gasteiger partial charge in [0, 0.05) is 15.6 Å². The fraction of sp³-hybridized carbons (Fsp3) is 0.185. The molecule has 0 fully saturated rings. The van der Waals surface area contributed by atoms with E-state index >= 15 is 0 Å². The Kier molecular flexibility index (Phi) is 8.36. The van der Waals surface area contributed by atoms with Gasteiger partial charge in [0.15, 0.2) is 16.6 Å². The highest BCUT2D eigenvalue weighted by atomic mass is 35.5. The SMILES string of the molecule is CCOC(=O)C1=C(c2ccccc2)NC(=S)N[C@H]1c1ccc(OCc2c(Cl)cccc2Cl)c(OC)c1. The highest BCUT2D eigenvalue weighted by Gasteiger charge is 2.33. The summed E-state index contributed by atoms with van der Waals surface area (Å²) >= 11 is 18.0. The van der Waals surface area contributed by atoms with Crippen LogP contribution in [0.15, 0.2) is 72.3 Å². The minimum absolute atomic E-state index is 0.163. The maximum Gasteiger partial charge on any atom is 0.338 e. The molecule has 36 heavy (non-hydrogen) atoms. The average molecular weight is 543 g/mol. The first-order valence-corrected chi connectivity index (χ1v) is 12.4. The number of halogens is 2. The predicted octanol–water partition coefficient (Wildman–Crippen LogP) is 6.07. The lowest BCUT2D eigenvalue weighted by Crippen LogP contribution is -2.45. The fourth-order valence-electron chi connectivity index (χ4n) is 3.88. The summed E-state index contributed by atoms with van der Waals surface area (Å²) in [5.74, 6) is 0.529. The van der Waals surface area contributed by atoms with Crippen molar-refractivity contribution in [3.8, 4) is 11.5 Å².